The normalized spacial score (nSPS) is 12.9. The van der Waals surface area contributed by atoms with Crippen LogP contribution in [0.1, 0.15) is 43.7 Å². The van der Waals surface area contributed by atoms with E-state index in [1.54, 1.807) is 6.08 Å². The van der Waals surface area contributed by atoms with Gasteiger partial charge in [-0.25, -0.2) is 0 Å². The van der Waals surface area contributed by atoms with E-state index in [2.05, 4.69) is 32.0 Å². The summed E-state index contributed by atoms with van der Waals surface area (Å²) in [6.07, 6.45) is 6.63. The number of hydrogen-bond acceptors (Lipinski definition) is 1. The van der Waals surface area contributed by atoms with Gasteiger partial charge in [-0.15, -0.1) is 0 Å². The van der Waals surface area contributed by atoms with Crippen molar-refractivity contribution < 1.29 is 4.79 Å². The summed E-state index contributed by atoms with van der Waals surface area (Å²) in [7, 11) is 0. The molecular weight excluding hydrogens is 184 g/mol. The van der Waals surface area contributed by atoms with E-state index in [0.717, 1.165) is 11.8 Å². The Morgan fingerprint density at radius 1 is 1.33 bits per heavy atom. The first kappa shape index (κ1) is 11.7. The average molecular weight is 202 g/mol. The molecule has 0 fully saturated rings. The Kier molecular flexibility index (Phi) is 4.82. The minimum Gasteiger partial charge on any atom is -0.299 e. The van der Waals surface area contributed by atoms with Gasteiger partial charge in [0.05, 0.1) is 0 Å². The molecule has 15 heavy (non-hydrogen) atoms. The molecule has 0 aliphatic carbocycles. The summed E-state index contributed by atoms with van der Waals surface area (Å²) in [5, 5.41) is 0. The molecule has 0 heterocycles. The van der Waals surface area contributed by atoms with E-state index < -0.39 is 0 Å². The Morgan fingerprint density at radius 3 is 2.73 bits per heavy atom. The number of benzene rings is 1. The molecule has 0 bridgehead atoms. The molecule has 0 aliphatic rings. The van der Waals surface area contributed by atoms with Crippen LogP contribution in [0, 0.1) is 0 Å². The minimum absolute atomic E-state index is 0.558. The Bertz CT molecular complexity index is 339. The fourth-order valence-corrected chi connectivity index (χ4v) is 1.84. The van der Waals surface area contributed by atoms with Crippen molar-refractivity contribution in [3.63, 3.8) is 0 Å². The van der Waals surface area contributed by atoms with Crippen LogP contribution in [0.15, 0.2) is 30.3 Å². The first-order valence-corrected chi connectivity index (χ1v) is 5.50. The van der Waals surface area contributed by atoms with Crippen molar-refractivity contribution in [3.8, 4) is 0 Å². The van der Waals surface area contributed by atoms with Crippen molar-refractivity contribution >= 4 is 12.4 Å². The molecule has 1 aromatic carbocycles. The van der Waals surface area contributed by atoms with Gasteiger partial charge in [0.25, 0.3) is 0 Å². The highest BCUT2D eigenvalue weighted by molar-refractivity contribution is 5.74. The molecule has 0 aromatic heterocycles. The predicted octanol–water partition coefficient (Wildman–Crippen LogP) is 3.80. The maximum Gasteiger partial charge on any atom is 0.142 e. The molecule has 0 spiro atoms. The largest absolute Gasteiger partial charge is 0.299 e. The molecule has 0 saturated heterocycles. The van der Waals surface area contributed by atoms with Crippen LogP contribution >= 0.6 is 0 Å². The maximum absolute atomic E-state index is 10.3. The first-order valence-electron chi connectivity index (χ1n) is 5.50. The summed E-state index contributed by atoms with van der Waals surface area (Å²) in [4.78, 5) is 10.3. The molecule has 1 atom stereocenters. The van der Waals surface area contributed by atoms with Gasteiger partial charge >= 0.3 is 0 Å². The number of carbonyl (C=O) groups is 1. The summed E-state index contributed by atoms with van der Waals surface area (Å²) in [6.45, 7) is 4.43. The predicted molar refractivity (Wildman–Crippen MR) is 64.9 cm³/mol. The van der Waals surface area contributed by atoms with E-state index in [1.807, 2.05) is 12.1 Å². The zero-order valence-corrected chi connectivity index (χ0v) is 9.44. The van der Waals surface area contributed by atoms with Gasteiger partial charge in [-0.05, 0) is 29.5 Å². The lowest BCUT2D eigenvalue weighted by molar-refractivity contribution is -0.104. The third-order valence-electron chi connectivity index (χ3n) is 2.60. The highest BCUT2D eigenvalue weighted by Crippen LogP contribution is 2.24. The van der Waals surface area contributed by atoms with Crippen LogP contribution in [-0.2, 0) is 4.79 Å². The number of hydrogen-bond donors (Lipinski definition) is 0. The van der Waals surface area contributed by atoms with Crippen LogP contribution in [0.5, 0.6) is 0 Å². The van der Waals surface area contributed by atoms with E-state index in [1.165, 1.54) is 18.4 Å². The van der Waals surface area contributed by atoms with Gasteiger partial charge in [-0.2, -0.15) is 0 Å². The number of carbonyl (C=O) groups excluding carboxylic acids is 1. The summed E-state index contributed by atoms with van der Waals surface area (Å²) in [5.74, 6) is 0.558. The number of aldehydes is 1. The zero-order valence-electron chi connectivity index (χ0n) is 9.44. The highest BCUT2D eigenvalue weighted by Gasteiger charge is 2.06. The van der Waals surface area contributed by atoms with Crippen molar-refractivity contribution in [1.82, 2.24) is 0 Å². The van der Waals surface area contributed by atoms with E-state index in [4.69, 9.17) is 0 Å². The third kappa shape index (κ3) is 3.35. The van der Waals surface area contributed by atoms with Gasteiger partial charge in [0.2, 0.25) is 0 Å². The first-order chi connectivity index (χ1) is 7.29. The van der Waals surface area contributed by atoms with Gasteiger partial charge in [-0.1, -0.05) is 50.6 Å². The monoisotopic (exact) mass is 202 g/mol. The maximum atomic E-state index is 10.3. The summed E-state index contributed by atoms with van der Waals surface area (Å²) < 4.78 is 0. The van der Waals surface area contributed by atoms with Crippen molar-refractivity contribution in [3.05, 3.63) is 41.5 Å². The van der Waals surface area contributed by atoms with Crippen molar-refractivity contribution in [1.29, 1.82) is 0 Å². The molecule has 80 valence electrons. The summed E-state index contributed by atoms with van der Waals surface area (Å²) in [6, 6.07) is 8.26. The van der Waals surface area contributed by atoms with Crippen LogP contribution in [-0.4, -0.2) is 6.29 Å². The fourth-order valence-electron chi connectivity index (χ4n) is 1.84. The van der Waals surface area contributed by atoms with Gasteiger partial charge in [-0.3, -0.25) is 4.79 Å². The number of allylic oxidation sites excluding steroid dienone is 1. The lowest BCUT2D eigenvalue weighted by Gasteiger charge is -2.13. The van der Waals surface area contributed by atoms with Gasteiger partial charge < -0.3 is 0 Å². The molecule has 0 amide bonds. The second-order valence-electron chi connectivity index (χ2n) is 3.81. The van der Waals surface area contributed by atoms with Crippen LogP contribution in [0.2, 0.25) is 0 Å². The second kappa shape index (κ2) is 6.18. The van der Waals surface area contributed by atoms with E-state index in [9.17, 15) is 4.79 Å². The van der Waals surface area contributed by atoms with Gasteiger partial charge in [0.15, 0.2) is 0 Å². The molecule has 0 N–H and O–H groups in total. The molecule has 1 heteroatoms. The van der Waals surface area contributed by atoms with E-state index in [0.29, 0.717) is 5.92 Å². The van der Waals surface area contributed by atoms with Gasteiger partial charge in [0, 0.05) is 0 Å². The topological polar surface area (TPSA) is 17.1 Å². The zero-order chi connectivity index (χ0) is 11.1. The highest BCUT2D eigenvalue weighted by atomic mass is 16.1. The van der Waals surface area contributed by atoms with Crippen LogP contribution < -0.4 is 0 Å². The van der Waals surface area contributed by atoms with Crippen molar-refractivity contribution in [2.75, 3.05) is 0 Å². The van der Waals surface area contributed by atoms with Gasteiger partial charge in [0.1, 0.15) is 6.29 Å². The molecular formula is C14H18O. The standard InChI is InChI=1S/C14H18O/c1-3-7-12(2)14-10-5-4-8-13(14)9-6-11-15/h4-6,8-12H,3,7H2,1-2H3/b9-6+. The second-order valence-corrected chi connectivity index (χ2v) is 3.81. The molecule has 0 radical (unpaired) electrons. The van der Waals surface area contributed by atoms with Crippen molar-refractivity contribution in [2.45, 2.75) is 32.6 Å². The Hall–Kier alpha value is -1.37. The van der Waals surface area contributed by atoms with E-state index >= 15 is 0 Å². The van der Waals surface area contributed by atoms with Crippen molar-refractivity contribution in [2.24, 2.45) is 0 Å². The smallest absolute Gasteiger partial charge is 0.142 e. The minimum atomic E-state index is 0.558. The Balaban J connectivity index is 2.94. The lowest BCUT2D eigenvalue weighted by atomic mass is 9.92. The fraction of sp³-hybridized carbons (Fsp3) is 0.357. The summed E-state index contributed by atoms with van der Waals surface area (Å²) in [5.41, 5.74) is 2.49. The van der Waals surface area contributed by atoms with Crippen LogP contribution in [0.3, 0.4) is 0 Å². The number of rotatable bonds is 5. The molecule has 0 aliphatic heterocycles. The Morgan fingerprint density at radius 2 is 2.07 bits per heavy atom. The molecule has 1 unspecified atom stereocenters. The quantitative estimate of drug-likeness (QED) is 0.524. The molecule has 1 rings (SSSR count). The van der Waals surface area contributed by atoms with Crippen LogP contribution in [0.25, 0.3) is 6.08 Å². The SMILES string of the molecule is CCCC(C)c1ccccc1/C=C/C=O. The van der Waals surface area contributed by atoms with Crippen LogP contribution in [0.4, 0.5) is 0 Å². The lowest BCUT2D eigenvalue weighted by Crippen LogP contribution is -1.95. The van der Waals surface area contributed by atoms with E-state index in [-0.39, 0.29) is 0 Å². The molecule has 1 aromatic rings. The summed E-state index contributed by atoms with van der Waals surface area (Å²) >= 11 is 0. The molecule has 1 nitrogen and oxygen atoms in total. The average Bonchev–Trinajstić information content (AvgIpc) is 2.27. The molecule has 0 saturated carbocycles. The Labute approximate surface area is 91.8 Å². The third-order valence-corrected chi connectivity index (χ3v) is 2.60.